The molecule has 0 atom stereocenters. The minimum absolute atomic E-state index is 0.229. The number of amides is 2. The highest BCUT2D eigenvalue weighted by molar-refractivity contribution is 5.92. The van der Waals surface area contributed by atoms with Crippen LogP contribution in [0.15, 0.2) is 0 Å². The first kappa shape index (κ1) is 16.3. The number of carbonyl (C=O) groups excluding carboxylic acids is 3. The molecule has 0 aromatic heterocycles. The summed E-state index contributed by atoms with van der Waals surface area (Å²) in [4.78, 5) is 39.3. The van der Waals surface area contributed by atoms with E-state index in [-0.39, 0.29) is 6.42 Å². The van der Waals surface area contributed by atoms with Crippen molar-refractivity contribution in [1.29, 1.82) is 0 Å². The van der Waals surface area contributed by atoms with Gasteiger partial charge in [0, 0.05) is 6.42 Å². The van der Waals surface area contributed by atoms with E-state index in [2.05, 4.69) is 15.6 Å². The summed E-state index contributed by atoms with van der Waals surface area (Å²) in [5.74, 6) is -1.04. The number of nitrogens with one attached hydrogen (secondary N) is 2. The molecule has 0 aromatic rings. The average Bonchev–Trinajstić information content (AvgIpc) is 3.04. The quantitative estimate of drug-likeness (QED) is 0.762. The van der Waals surface area contributed by atoms with Crippen LogP contribution >= 0.6 is 0 Å². The summed E-state index contributed by atoms with van der Waals surface area (Å²) in [5.41, 5.74) is 0.426. The molecule has 0 saturated heterocycles. The first-order chi connectivity index (χ1) is 9.18. The molecular weight excluding hydrogens is 264 g/mol. The molecule has 2 amide bonds. The van der Waals surface area contributed by atoms with E-state index in [9.17, 15) is 14.4 Å². The summed E-state index contributed by atoms with van der Waals surface area (Å²) in [6, 6.07) is 0. The van der Waals surface area contributed by atoms with E-state index >= 15 is 0 Å². The third kappa shape index (κ3) is 5.07. The molecule has 0 radical (unpaired) electrons. The monoisotopic (exact) mass is 286 g/mol. The fourth-order valence-corrected chi connectivity index (χ4v) is 1.49. The third-order valence-electron chi connectivity index (χ3n) is 2.64. The minimum Gasteiger partial charge on any atom is -0.444 e. The van der Waals surface area contributed by atoms with E-state index in [1.165, 1.54) is 0 Å². The van der Waals surface area contributed by atoms with Crippen LogP contribution in [0.4, 0.5) is 4.79 Å². The first-order valence-corrected chi connectivity index (χ1v) is 6.70. The normalized spacial score (nSPS) is 16.0. The Hall–Kier alpha value is -1.79. The van der Waals surface area contributed by atoms with Crippen molar-refractivity contribution < 1.29 is 24.0 Å². The van der Waals surface area contributed by atoms with Gasteiger partial charge in [0.2, 0.25) is 0 Å². The van der Waals surface area contributed by atoms with Gasteiger partial charge in [-0.05, 0) is 40.0 Å². The number of hydrogen-bond donors (Lipinski definition) is 2. The van der Waals surface area contributed by atoms with E-state index in [0.29, 0.717) is 19.3 Å². The maximum absolute atomic E-state index is 11.9. The zero-order chi connectivity index (χ0) is 15.4. The van der Waals surface area contributed by atoms with Gasteiger partial charge in [0.1, 0.15) is 11.1 Å². The smallest absolute Gasteiger partial charge is 0.408 e. The highest BCUT2D eigenvalue weighted by atomic mass is 16.7. The zero-order valence-electron chi connectivity index (χ0n) is 12.4. The van der Waals surface area contributed by atoms with Gasteiger partial charge < -0.3 is 14.9 Å². The predicted molar refractivity (Wildman–Crippen MR) is 70.5 cm³/mol. The van der Waals surface area contributed by atoms with Crippen LogP contribution in [0.3, 0.4) is 0 Å². The molecule has 0 aromatic carbocycles. The number of hydroxylamine groups is 1. The lowest BCUT2D eigenvalue weighted by Crippen LogP contribution is -2.50. The number of ether oxygens (including phenoxy) is 1. The first-order valence-electron chi connectivity index (χ1n) is 6.70. The molecule has 1 aliphatic carbocycles. The minimum atomic E-state index is -1.02. The van der Waals surface area contributed by atoms with E-state index in [0.717, 1.165) is 0 Å². The van der Waals surface area contributed by atoms with Crippen molar-refractivity contribution in [3.05, 3.63) is 0 Å². The van der Waals surface area contributed by atoms with Gasteiger partial charge >= 0.3 is 12.1 Å². The van der Waals surface area contributed by atoms with E-state index in [4.69, 9.17) is 4.74 Å². The molecule has 114 valence electrons. The molecule has 2 N–H and O–H groups in total. The highest BCUT2D eigenvalue weighted by Crippen LogP contribution is 2.35. The van der Waals surface area contributed by atoms with E-state index in [1.54, 1.807) is 20.8 Å². The van der Waals surface area contributed by atoms with Crippen LogP contribution in [0.5, 0.6) is 0 Å². The maximum atomic E-state index is 11.9. The van der Waals surface area contributed by atoms with Gasteiger partial charge in [-0.2, -0.15) is 5.48 Å². The van der Waals surface area contributed by atoms with Crippen molar-refractivity contribution in [3.63, 3.8) is 0 Å². The van der Waals surface area contributed by atoms with Crippen molar-refractivity contribution in [3.8, 4) is 0 Å². The Kier molecular flexibility index (Phi) is 4.97. The van der Waals surface area contributed by atoms with Crippen molar-refractivity contribution in [2.24, 2.45) is 0 Å². The number of hydrogen-bond acceptors (Lipinski definition) is 5. The van der Waals surface area contributed by atoms with Crippen LogP contribution in [0.25, 0.3) is 0 Å². The fourth-order valence-electron chi connectivity index (χ4n) is 1.49. The summed E-state index contributed by atoms with van der Waals surface area (Å²) in [6.07, 6.45) is 1.18. The van der Waals surface area contributed by atoms with Gasteiger partial charge in [0.25, 0.3) is 5.91 Å². The highest BCUT2D eigenvalue weighted by Gasteiger charge is 2.52. The SMILES string of the molecule is CCCC(=O)ONC(=O)C1(NC(=O)OC(C)(C)C)CC1. The Morgan fingerprint density at radius 2 is 1.80 bits per heavy atom. The molecule has 7 heteroatoms. The van der Waals surface area contributed by atoms with Crippen molar-refractivity contribution >= 4 is 18.0 Å². The lowest BCUT2D eigenvalue weighted by Gasteiger charge is -2.22. The van der Waals surface area contributed by atoms with E-state index in [1.807, 2.05) is 6.92 Å². The van der Waals surface area contributed by atoms with Crippen molar-refractivity contribution in [2.75, 3.05) is 0 Å². The molecule has 20 heavy (non-hydrogen) atoms. The van der Waals surface area contributed by atoms with E-state index < -0.39 is 29.1 Å². The Bertz CT molecular complexity index is 396. The maximum Gasteiger partial charge on any atom is 0.408 e. The van der Waals surface area contributed by atoms with Gasteiger partial charge in [0.15, 0.2) is 0 Å². The number of rotatable bonds is 4. The summed E-state index contributed by atoms with van der Waals surface area (Å²) < 4.78 is 5.09. The molecule has 0 unspecified atom stereocenters. The van der Waals surface area contributed by atoms with Crippen LogP contribution < -0.4 is 10.8 Å². The summed E-state index contributed by atoms with van der Waals surface area (Å²) >= 11 is 0. The van der Waals surface area contributed by atoms with Gasteiger partial charge in [-0.1, -0.05) is 6.92 Å². The predicted octanol–water partition coefficient (Wildman–Crippen LogP) is 1.42. The Balaban J connectivity index is 2.43. The topological polar surface area (TPSA) is 93.7 Å². The Labute approximate surface area is 118 Å². The molecule has 7 nitrogen and oxygen atoms in total. The van der Waals surface area contributed by atoms with Gasteiger partial charge in [-0.25, -0.2) is 9.59 Å². The molecule has 0 spiro atoms. The average molecular weight is 286 g/mol. The van der Waals surface area contributed by atoms with Crippen LogP contribution in [-0.2, 0) is 19.2 Å². The van der Waals surface area contributed by atoms with Gasteiger partial charge in [-0.15, -0.1) is 0 Å². The second-order valence-electron chi connectivity index (χ2n) is 5.86. The fraction of sp³-hybridized carbons (Fsp3) is 0.769. The van der Waals surface area contributed by atoms with Crippen LogP contribution in [0.1, 0.15) is 53.4 Å². The lowest BCUT2D eigenvalue weighted by atomic mass is 10.2. The summed E-state index contributed by atoms with van der Waals surface area (Å²) in [6.45, 7) is 7.03. The molecule has 0 heterocycles. The lowest BCUT2D eigenvalue weighted by molar-refractivity contribution is -0.159. The van der Waals surface area contributed by atoms with Gasteiger partial charge in [0.05, 0.1) is 0 Å². The molecule has 0 bridgehead atoms. The zero-order valence-corrected chi connectivity index (χ0v) is 12.4. The molecule has 1 rings (SSSR count). The number of carbonyl (C=O) groups is 3. The second kappa shape index (κ2) is 6.11. The molecule has 1 fully saturated rings. The number of alkyl carbamates (subject to hydrolysis) is 1. The molecule has 1 saturated carbocycles. The summed E-state index contributed by atoms with van der Waals surface area (Å²) in [7, 11) is 0. The largest absolute Gasteiger partial charge is 0.444 e. The van der Waals surface area contributed by atoms with Crippen LogP contribution in [-0.4, -0.2) is 29.1 Å². The van der Waals surface area contributed by atoms with Crippen molar-refractivity contribution in [2.45, 2.75) is 64.5 Å². The Morgan fingerprint density at radius 1 is 1.20 bits per heavy atom. The molecular formula is C13H22N2O5. The summed E-state index contributed by atoms with van der Waals surface area (Å²) in [5, 5.41) is 2.51. The van der Waals surface area contributed by atoms with Gasteiger partial charge in [-0.3, -0.25) is 4.79 Å². The van der Waals surface area contributed by atoms with Crippen LogP contribution in [0.2, 0.25) is 0 Å². The van der Waals surface area contributed by atoms with Crippen LogP contribution in [0, 0.1) is 0 Å². The van der Waals surface area contributed by atoms with Crippen molar-refractivity contribution in [1.82, 2.24) is 10.8 Å². The molecule has 1 aliphatic rings. The Morgan fingerprint density at radius 3 is 2.25 bits per heavy atom. The standard InChI is InChI=1S/C13H22N2O5/c1-5-6-9(16)20-15-10(17)13(7-8-13)14-11(18)19-12(2,3)4/h5-8H2,1-4H3,(H,14,18)(H,15,17). The second-order valence-corrected chi connectivity index (χ2v) is 5.86. The third-order valence-corrected chi connectivity index (χ3v) is 2.64. The molecule has 0 aliphatic heterocycles.